The van der Waals surface area contributed by atoms with Crippen LogP contribution in [0.2, 0.25) is 0 Å². The van der Waals surface area contributed by atoms with E-state index >= 15 is 0 Å². The summed E-state index contributed by atoms with van der Waals surface area (Å²) in [6, 6.07) is 5.34. The first-order chi connectivity index (χ1) is 11.4. The summed E-state index contributed by atoms with van der Waals surface area (Å²) in [5.41, 5.74) is 0.808. The van der Waals surface area contributed by atoms with Crippen molar-refractivity contribution >= 4 is 11.9 Å². The van der Waals surface area contributed by atoms with E-state index in [-0.39, 0.29) is 24.0 Å². The standard InChI is InChI=1S/C17H21F2NO4/c1-11-8-9-20(14(10-11)16(22)23)15(21)7-4-12-2-5-13(6-3-12)24-17(18)19/h2-3,5-6,11,14,17H,4,7-10H2,1H3,(H,22,23). The van der Waals surface area contributed by atoms with Crippen LogP contribution in [0.3, 0.4) is 0 Å². The molecular weight excluding hydrogens is 320 g/mol. The number of piperidine rings is 1. The number of carboxylic acid groups (broad SMARTS) is 1. The molecule has 1 amide bonds. The molecule has 1 heterocycles. The van der Waals surface area contributed by atoms with Crippen molar-refractivity contribution in [3.05, 3.63) is 29.8 Å². The number of ether oxygens (including phenoxy) is 1. The van der Waals surface area contributed by atoms with Crippen LogP contribution >= 0.6 is 0 Å². The van der Waals surface area contributed by atoms with Gasteiger partial charge in [-0.1, -0.05) is 19.1 Å². The molecule has 0 radical (unpaired) electrons. The van der Waals surface area contributed by atoms with E-state index in [1.165, 1.54) is 17.0 Å². The number of halogens is 2. The average Bonchev–Trinajstić information content (AvgIpc) is 2.53. The number of hydrogen-bond acceptors (Lipinski definition) is 3. The van der Waals surface area contributed by atoms with Gasteiger partial charge in [0.05, 0.1) is 0 Å². The third-order valence-electron chi connectivity index (χ3n) is 4.25. The number of rotatable bonds is 6. The van der Waals surface area contributed by atoms with Crippen LogP contribution in [0.15, 0.2) is 24.3 Å². The molecule has 2 unspecified atom stereocenters. The number of amides is 1. The Morgan fingerprint density at radius 1 is 1.33 bits per heavy atom. The molecule has 1 N–H and O–H groups in total. The van der Waals surface area contributed by atoms with Crippen LogP contribution < -0.4 is 4.74 Å². The second-order valence-electron chi connectivity index (χ2n) is 6.09. The van der Waals surface area contributed by atoms with Crippen LogP contribution in [0.4, 0.5) is 8.78 Å². The number of alkyl halides is 2. The molecular formula is C17H21F2NO4. The molecule has 1 saturated heterocycles. The number of hydrogen-bond donors (Lipinski definition) is 1. The number of carbonyl (C=O) groups excluding carboxylic acids is 1. The highest BCUT2D eigenvalue weighted by Gasteiger charge is 2.34. The Balaban J connectivity index is 1.91. The lowest BCUT2D eigenvalue weighted by Gasteiger charge is -2.36. The number of nitrogens with zero attached hydrogens (tertiary/aromatic N) is 1. The van der Waals surface area contributed by atoms with Crippen molar-refractivity contribution in [2.45, 2.75) is 45.3 Å². The first-order valence-corrected chi connectivity index (χ1v) is 7.93. The first-order valence-electron chi connectivity index (χ1n) is 7.93. The smallest absolute Gasteiger partial charge is 0.387 e. The molecule has 132 valence electrons. The fourth-order valence-corrected chi connectivity index (χ4v) is 2.91. The maximum Gasteiger partial charge on any atom is 0.387 e. The van der Waals surface area contributed by atoms with Crippen molar-refractivity contribution in [3.63, 3.8) is 0 Å². The number of benzene rings is 1. The highest BCUT2D eigenvalue weighted by Crippen LogP contribution is 2.24. The summed E-state index contributed by atoms with van der Waals surface area (Å²) in [6.45, 7) is -0.425. The largest absolute Gasteiger partial charge is 0.480 e. The molecule has 2 atom stereocenters. The fraction of sp³-hybridized carbons (Fsp3) is 0.529. The zero-order valence-electron chi connectivity index (χ0n) is 13.5. The van der Waals surface area contributed by atoms with Gasteiger partial charge in [0.15, 0.2) is 0 Å². The summed E-state index contributed by atoms with van der Waals surface area (Å²) in [5, 5.41) is 9.29. The van der Waals surface area contributed by atoms with E-state index in [9.17, 15) is 23.5 Å². The lowest BCUT2D eigenvalue weighted by atomic mass is 9.92. The maximum absolute atomic E-state index is 12.3. The van der Waals surface area contributed by atoms with Gasteiger partial charge in [0, 0.05) is 13.0 Å². The van der Waals surface area contributed by atoms with Crippen molar-refractivity contribution < 1.29 is 28.2 Å². The van der Waals surface area contributed by atoms with Crippen molar-refractivity contribution in [1.82, 2.24) is 4.90 Å². The molecule has 0 aliphatic carbocycles. The molecule has 0 saturated carbocycles. The number of carbonyl (C=O) groups is 2. The third kappa shape index (κ3) is 4.91. The van der Waals surface area contributed by atoms with Crippen LogP contribution in [0.1, 0.15) is 31.7 Å². The monoisotopic (exact) mass is 341 g/mol. The lowest BCUT2D eigenvalue weighted by molar-refractivity contribution is -0.153. The Kier molecular flexibility index (Phi) is 6.11. The Labute approximate surface area is 139 Å². The highest BCUT2D eigenvalue weighted by atomic mass is 19.3. The second kappa shape index (κ2) is 8.08. The summed E-state index contributed by atoms with van der Waals surface area (Å²) in [5.74, 6) is -0.806. The second-order valence-corrected chi connectivity index (χ2v) is 6.09. The van der Waals surface area contributed by atoms with Crippen LogP contribution in [-0.4, -0.2) is 41.1 Å². The maximum atomic E-state index is 12.3. The lowest BCUT2D eigenvalue weighted by Crippen LogP contribution is -2.49. The first kappa shape index (κ1) is 18.2. The van der Waals surface area contributed by atoms with Crippen LogP contribution in [0.5, 0.6) is 5.75 Å². The summed E-state index contributed by atoms with van der Waals surface area (Å²) >= 11 is 0. The minimum atomic E-state index is -2.87. The molecule has 24 heavy (non-hydrogen) atoms. The highest BCUT2D eigenvalue weighted by molar-refractivity contribution is 5.84. The zero-order chi connectivity index (χ0) is 17.7. The molecule has 2 rings (SSSR count). The number of likely N-dealkylation sites (tertiary alicyclic amines) is 1. The van der Waals surface area contributed by atoms with Gasteiger partial charge in [-0.05, 0) is 42.9 Å². The number of aliphatic carboxylic acids is 1. The Bertz CT molecular complexity index is 576. The van der Waals surface area contributed by atoms with Gasteiger partial charge in [0.2, 0.25) is 5.91 Å². The summed E-state index contributed by atoms with van der Waals surface area (Å²) in [7, 11) is 0. The topological polar surface area (TPSA) is 66.8 Å². The van der Waals surface area contributed by atoms with E-state index in [0.717, 1.165) is 12.0 Å². The number of carboxylic acids is 1. The van der Waals surface area contributed by atoms with E-state index in [0.29, 0.717) is 19.4 Å². The SMILES string of the molecule is CC1CCN(C(=O)CCc2ccc(OC(F)F)cc2)C(C(=O)O)C1. The molecule has 1 aromatic carbocycles. The molecule has 7 heteroatoms. The molecule has 1 aliphatic rings. The van der Waals surface area contributed by atoms with Crippen LogP contribution in [0.25, 0.3) is 0 Å². The zero-order valence-corrected chi connectivity index (χ0v) is 13.5. The van der Waals surface area contributed by atoms with E-state index < -0.39 is 18.6 Å². The van der Waals surface area contributed by atoms with Crippen LogP contribution in [-0.2, 0) is 16.0 Å². The summed E-state index contributed by atoms with van der Waals surface area (Å²) < 4.78 is 28.4. The van der Waals surface area contributed by atoms with Gasteiger partial charge in [-0.15, -0.1) is 0 Å². The molecule has 5 nitrogen and oxygen atoms in total. The van der Waals surface area contributed by atoms with Gasteiger partial charge in [-0.3, -0.25) is 4.79 Å². The van der Waals surface area contributed by atoms with Gasteiger partial charge >= 0.3 is 12.6 Å². The normalized spacial score (nSPS) is 20.9. The fourth-order valence-electron chi connectivity index (χ4n) is 2.91. The van der Waals surface area contributed by atoms with E-state index in [4.69, 9.17) is 0 Å². The molecule has 0 aromatic heterocycles. The van der Waals surface area contributed by atoms with Gasteiger partial charge in [-0.2, -0.15) is 8.78 Å². The minimum Gasteiger partial charge on any atom is -0.480 e. The van der Waals surface area contributed by atoms with Crippen molar-refractivity contribution in [2.75, 3.05) is 6.54 Å². The summed E-state index contributed by atoms with van der Waals surface area (Å²) in [4.78, 5) is 25.1. The van der Waals surface area contributed by atoms with E-state index in [1.807, 2.05) is 6.92 Å². The Morgan fingerprint density at radius 3 is 2.58 bits per heavy atom. The third-order valence-corrected chi connectivity index (χ3v) is 4.25. The molecule has 1 aromatic rings. The number of aryl methyl sites for hydroxylation is 1. The molecule has 0 spiro atoms. The quantitative estimate of drug-likeness (QED) is 0.864. The minimum absolute atomic E-state index is 0.0658. The van der Waals surface area contributed by atoms with Crippen molar-refractivity contribution in [1.29, 1.82) is 0 Å². The summed E-state index contributed by atoms with van der Waals surface area (Å²) in [6.07, 6.45) is 1.88. The van der Waals surface area contributed by atoms with Gasteiger partial charge in [0.25, 0.3) is 0 Å². The van der Waals surface area contributed by atoms with Crippen molar-refractivity contribution in [2.24, 2.45) is 5.92 Å². The average molecular weight is 341 g/mol. The van der Waals surface area contributed by atoms with E-state index in [2.05, 4.69) is 4.74 Å². The van der Waals surface area contributed by atoms with Gasteiger partial charge in [-0.25, -0.2) is 4.79 Å². The van der Waals surface area contributed by atoms with E-state index in [1.54, 1.807) is 12.1 Å². The molecule has 1 fully saturated rings. The van der Waals surface area contributed by atoms with Crippen molar-refractivity contribution in [3.8, 4) is 5.75 Å². The van der Waals surface area contributed by atoms with Crippen LogP contribution in [0, 0.1) is 5.92 Å². The molecule has 1 aliphatic heterocycles. The Morgan fingerprint density at radius 2 is 2.00 bits per heavy atom. The molecule has 0 bridgehead atoms. The Hall–Kier alpha value is -2.18. The van der Waals surface area contributed by atoms with Gasteiger partial charge < -0.3 is 14.7 Å². The predicted octanol–water partition coefficient (Wildman–Crippen LogP) is 2.93. The predicted molar refractivity (Wildman–Crippen MR) is 82.9 cm³/mol. The van der Waals surface area contributed by atoms with Gasteiger partial charge in [0.1, 0.15) is 11.8 Å².